The van der Waals surface area contributed by atoms with E-state index in [2.05, 4.69) is 27.5 Å². The molecule has 0 atom stereocenters. The lowest BCUT2D eigenvalue weighted by molar-refractivity contribution is -0.122. The van der Waals surface area contributed by atoms with Crippen molar-refractivity contribution in [3.63, 3.8) is 0 Å². The van der Waals surface area contributed by atoms with E-state index in [1.807, 2.05) is 31.2 Å². The van der Waals surface area contributed by atoms with E-state index in [1.54, 1.807) is 10.9 Å². The lowest BCUT2D eigenvalue weighted by Crippen LogP contribution is -2.35. The molecule has 0 bridgehead atoms. The summed E-state index contributed by atoms with van der Waals surface area (Å²) in [6.07, 6.45) is 6.37. The van der Waals surface area contributed by atoms with Gasteiger partial charge in [0.15, 0.2) is 5.65 Å². The van der Waals surface area contributed by atoms with Gasteiger partial charge in [-0.25, -0.2) is 9.67 Å². The normalized spacial score (nSPS) is 14.9. The first-order chi connectivity index (χ1) is 12.2. The zero-order chi connectivity index (χ0) is 17.2. The van der Waals surface area contributed by atoms with Crippen LogP contribution in [0.3, 0.4) is 0 Å². The predicted octanol–water partition coefficient (Wildman–Crippen LogP) is 3.47. The van der Waals surface area contributed by atoms with Gasteiger partial charge in [-0.3, -0.25) is 4.79 Å². The third-order valence-corrected chi connectivity index (χ3v) is 4.91. The van der Waals surface area contributed by atoms with E-state index in [0.717, 1.165) is 40.7 Å². The molecule has 3 aromatic rings. The van der Waals surface area contributed by atoms with E-state index in [0.29, 0.717) is 6.04 Å². The molecular weight excluding hydrogens is 312 g/mol. The summed E-state index contributed by atoms with van der Waals surface area (Å²) in [5, 5.41) is 8.72. The SMILES string of the molecule is Cc1nn(CC(=O)NC2CCCC2)c2nccc(-c3ccccc3)c12. The Labute approximate surface area is 147 Å². The second-order valence-electron chi connectivity index (χ2n) is 6.72. The van der Waals surface area contributed by atoms with E-state index in [4.69, 9.17) is 0 Å². The van der Waals surface area contributed by atoms with Gasteiger partial charge in [0, 0.05) is 17.6 Å². The molecular formula is C20H22N4O. The first kappa shape index (κ1) is 15.8. The van der Waals surface area contributed by atoms with E-state index in [-0.39, 0.29) is 12.5 Å². The van der Waals surface area contributed by atoms with Crippen LogP contribution in [0.2, 0.25) is 0 Å². The Kier molecular flexibility index (Phi) is 4.22. The first-order valence-electron chi connectivity index (χ1n) is 8.89. The number of carbonyl (C=O) groups is 1. The summed E-state index contributed by atoms with van der Waals surface area (Å²) in [6, 6.07) is 12.5. The number of aromatic nitrogens is 3. The molecule has 0 saturated heterocycles. The van der Waals surface area contributed by atoms with Crippen molar-refractivity contribution in [3.05, 3.63) is 48.3 Å². The molecule has 25 heavy (non-hydrogen) atoms. The molecule has 0 aliphatic heterocycles. The number of fused-ring (bicyclic) bond motifs is 1. The van der Waals surface area contributed by atoms with Crippen molar-refractivity contribution >= 4 is 16.9 Å². The van der Waals surface area contributed by atoms with Gasteiger partial charge in [0.05, 0.1) is 5.69 Å². The predicted molar refractivity (Wildman–Crippen MR) is 98.1 cm³/mol. The molecule has 128 valence electrons. The van der Waals surface area contributed by atoms with Crippen molar-refractivity contribution in [2.45, 2.75) is 45.2 Å². The maximum atomic E-state index is 12.4. The highest BCUT2D eigenvalue weighted by Gasteiger charge is 2.19. The fraction of sp³-hybridized carbons (Fsp3) is 0.350. The van der Waals surface area contributed by atoms with Crippen LogP contribution in [0, 0.1) is 6.92 Å². The molecule has 1 aromatic carbocycles. The zero-order valence-corrected chi connectivity index (χ0v) is 14.4. The summed E-state index contributed by atoms with van der Waals surface area (Å²) in [4.78, 5) is 16.9. The van der Waals surface area contributed by atoms with Crippen LogP contribution in [0.5, 0.6) is 0 Å². The van der Waals surface area contributed by atoms with E-state index in [1.165, 1.54) is 12.8 Å². The van der Waals surface area contributed by atoms with E-state index < -0.39 is 0 Å². The quantitative estimate of drug-likeness (QED) is 0.795. The van der Waals surface area contributed by atoms with Crippen molar-refractivity contribution in [2.24, 2.45) is 0 Å². The van der Waals surface area contributed by atoms with E-state index in [9.17, 15) is 4.79 Å². The molecule has 1 aliphatic carbocycles. The Bertz CT molecular complexity index is 895. The second-order valence-corrected chi connectivity index (χ2v) is 6.72. The molecule has 2 heterocycles. The number of aryl methyl sites for hydroxylation is 1. The van der Waals surface area contributed by atoms with Gasteiger partial charge in [-0.15, -0.1) is 0 Å². The van der Waals surface area contributed by atoms with Crippen molar-refractivity contribution in [3.8, 4) is 11.1 Å². The third kappa shape index (κ3) is 3.14. The number of nitrogens with zero attached hydrogens (tertiary/aromatic N) is 3. The molecule has 5 heteroatoms. The number of amides is 1. The molecule has 2 aromatic heterocycles. The van der Waals surface area contributed by atoms with Gasteiger partial charge >= 0.3 is 0 Å². The van der Waals surface area contributed by atoms with Gasteiger partial charge in [0.2, 0.25) is 5.91 Å². The van der Waals surface area contributed by atoms with Crippen molar-refractivity contribution in [2.75, 3.05) is 0 Å². The van der Waals surface area contributed by atoms with Crippen molar-refractivity contribution in [1.29, 1.82) is 0 Å². The number of nitrogens with one attached hydrogen (secondary N) is 1. The summed E-state index contributed by atoms with van der Waals surface area (Å²) in [6.45, 7) is 2.19. The molecule has 1 fully saturated rings. The lowest BCUT2D eigenvalue weighted by atomic mass is 10.0. The van der Waals surface area contributed by atoms with Gasteiger partial charge in [0.25, 0.3) is 0 Å². The van der Waals surface area contributed by atoms with Crippen molar-refractivity contribution < 1.29 is 4.79 Å². The van der Waals surface area contributed by atoms with Crippen molar-refractivity contribution in [1.82, 2.24) is 20.1 Å². The number of benzene rings is 1. The van der Waals surface area contributed by atoms with Crippen LogP contribution in [0.1, 0.15) is 31.4 Å². The van der Waals surface area contributed by atoms with Gasteiger partial charge in [-0.1, -0.05) is 43.2 Å². The summed E-state index contributed by atoms with van der Waals surface area (Å²) in [5.74, 6) is 0.0169. The number of rotatable bonds is 4. The van der Waals surface area contributed by atoms with Gasteiger partial charge < -0.3 is 5.32 Å². The third-order valence-electron chi connectivity index (χ3n) is 4.91. The molecule has 0 radical (unpaired) electrons. The first-order valence-corrected chi connectivity index (χ1v) is 8.89. The highest BCUT2D eigenvalue weighted by molar-refractivity contribution is 5.95. The number of pyridine rings is 1. The molecule has 0 spiro atoms. The number of hydrogen-bond acceptors (Lipinski definition) is 3. The molecule has 1 N–H and O–H groups in total. The Morgan fingerprint density at radius 2 is 1.96 bits per heavy atom. The topological polar surface area (TPSA) is 59.8 Å². The minimum atomic E-state index is 0.0169. The van der Waals surface area contributed by atoms with Crippen LogP contribution in [0.4, 0.5) is 0 Å². The van der Waals surface area contributed by atoms with Crippen LogP contribution in [-0.2, 0) is 11.3 Å². The maximum absolute atomic E-state index is 12.4. The Balaban J connectivity index is 1.66. The standard InChI is InChI=1S/C20H22N4O/c1-14-19-17(15-7-3-2-4-8-15)11-12-21-20(19)24(23-14)13-18(25)22-16-9-5-6-10-16/h2-4,7-8,11-12,16H,5-6,9-10,13H2,1H3,(H,22,25). The van der Waals surface area contributed by atoms with Gasteiger partial charge in [-0.2, -0.15) is 5.10 Å². The second kappa shape index (κ2) is 6.67. The fourth-order valence-electron chi connectivity index (χ4n) is 3.73. The van der Waals surface area contributed by atoms with Gasteiger partial charge in [0.1, 0.15) is 6.54 Å². The molecule has 1 amide bonds. The summed E-state index contributed by atoms with van der Waals surface area (Å²) >= 11 is 0. The molecule has 0 unspecified atom stereocenters. The van der Waals surface area contributed by atoms with Crippen LogP contribution >= 0.6 is 0 Å². The average Bonchev–Trinajstić information content (AvgIpc) is 3.24. The molecule has 5 nitrogen and oxygen atoms in total. The van der Waals surface area contributed by atoms with Crippen LogP contribution in [0.25, 0.3) is 22.2 Å². The monoisotopic (exact) mass is 334 g/mol. The minimum absolute atomic E-state index is 0.0169. The minimum Gasteiger partial charge on any atom is -0.352 e. The lowest BCUT2D eigenvalue weighted by Gasteiger charge is -2.12. The van der Waals surface area contributed by atoms with Gasteiger partial charge in [-0.05, 0) is 37.0 Å². The highest BCUT2D eigenvalue weighted by Crippen LogP contribution is 2.29. The number of carbonyl (C=O) groups excluding carboxylic acids is 1. The average molecular weight is 334 g/mol. The fourth-order valence-corrected chi connectivity index (χ4v) is 3.73. The Hall–Kier alpha value is -2.69. The maximum Gasteiger partial charge on any atom is 0.242 e. The van der Waals surface area contributed by atoms with Crippen LogP contribution < -0.4 is 5.32 Å². The summed E-state index contributed by atoms with van der Waals surface area (Å²) in [5.41, 5.74) is 3.90. The molecule has 1 aliphatic rings. The number of hydrogen-bond donors (Lipinski definition) is 1. The zero-order valence-electron chi connectivity index (χ0n) is 14.4. The van der Waals surface area contributed by atoms with E-state index >= 15 is 0 Å². The Morgan fingerprint density at radius 1 is 1.20 bits per heavy atom. The molecule has 1 saturated carbocycles. The van der Waals surface area contributed by atoms with Crippen LogP contribution in [0.15, 0.2) is 42.6 Å². The summed E-state index contributed by atoms with van der Waals surface area (Å²) < 4.78 is 1.72. The highest BCUT2D eigenvalue weighted by atomic mass is 16.2. The smallest absolute Gasteiger partial charge is 0.242 e. The Morgan fingerprint density at radius 3 is 2.72 bits per heavy atom. The molecule has 4 rings (SSSR count). The van der Waals surface area contributed by atoms with Crippen LogP contribution in [-0.4, -0.2) is 26.7 Å². The summed E-state index contributed by atoms with van der Waals surface area (Å²) in [7, 11) is 0. The largest absolute Gasteiger partial charge is 0.352 e.